The highest BCUT2D eigenvalue weighted by Crippen LogP contribution is 2.29. The van der Waals surface area contributed by atoms with E-state index in [9.17, 15) is 9.59 Å². The van der Waals surface area contributed by atoms with E-state index in [2.05, 4.69) is 20.6 Å². The molecule has 1 atom stereocenters. The van der Waals surface area contributed by atoms with Crippen LogP contribution in [-0.4, -0.2) is 20.4 Å². The lowest BCUT2D eigenvalue weighted by atomic mass is 10.0. The molecule has 0 spiro atoms. The first-order valence-corrected chi connectivity index (χ1v) is 9.82. The second-order valence-corrected chi connectivity index (χ2v) is 7.97. The summed E-state index contributed by atoms with van der Waals surface area (Å²) in [7, 11) is 0. The van der Waals surface area contributed by atoms with Crippen molar-refractivity contribution in [1.82, 2.24) is 19.7 Å². The second kappa shape index (κ2) is 6.57. The molecule has 0 fully saturated rings. The summed E-state index contributed by atoms with van der Waals surface area (Å²) in [5.74, 6) is 0. The first kappa shape index (κ1) is 16.2. The largest absolute Gasteiger partial charge is 0.329 e. The molecular formula is C16H17N5O2S2. The van der Waals surface area contributed by atoms with Gasteiger partial charge in [-0.1, -0.05) is 0 Å². The molecule has 1 aliphatic rings. The van der Waals surface area contributed by atoms with Crippen LogP contribution in [0.5, 0.6) is 0 Å². The molecule has 0 unspecified atom stereocenters. The molecule has 7 nitrogen and oxygen atoms in total. The third-order valence-electron chi connectivity index (χ3n) is 4.17. The monoisotopic (exact) mass is 375 g/mol. The van der Waals surface area contributed by atoms with Crippen molar-refractivity contribution in [2.45, 2.75) is 38.6 Å². The normalized spacial score (nSPS) is 14.9. The van der Waals surface area contributed by atoms with Gasteiger partial charge in [-0.15, -0.1) is 22.7 Å². The lowest BCUT2D eigenvalue weighted by Crippen LogP contribution is -2.33. The third kappa shape index (κ3) is 3.16. The summed E-state index contributed by atoms with van der Waals surface area (Å²) in [4.78, 5) is 35.3. The van der Waals surface area contributed by atoms with Crippen molar-refractivity contribution < 1.29 is 4.79 Å². The summed E-state index contributed by atoms with van der Waals surface area (Å²) in [5.41, 5.74) is 1.03. The Bertz CT molecular complexity index is 966. The first-order chi connectivity index (χ1) is 12.1. The average Bonchev–Trinajstić information content (AvgIpc) is 3.24. The third-order valence-corrected chi connectivity index (χ3v) is 6.28. The Kier molecular flexibility index (Phi) is 4.26. The van der Waals surface area contributed by atoms with Gasteiger partial charge < -0.3 is 10.6 Å². The van der Waals surface area contributed by atoms with E-state index in [-0.39, 0.29) is 17.3 Å². The van der Waals surface area contributed by atoms with E-state index < -0.39 is 6.03 Å². The van der Waals surface area contributed by atoms with Crippen molar-refractivity contribution in [1.29, 1.82) is 0 Å². The zero-order valence-corrected chi connectivity index (χ0v) is 15.2. The van der Waals surface area contributed by atoms with Gasteiger partial charge in [0.25, 0.3) is 5.56 Å². The number of nitrogens with zero attached hydrogens (tertiary/aromatic N) is 3. The quantitative estimate of drug-likeness (QED) is 0.737. The summed E-state index contributed by atoms with van der Waals surface area (Å²) in [5, 5.41) is 8.12. The predicted molar refractivity (Wildman–Crippen MR) is 98.7 cm³/mol. The Morgan fingerprint density at radius 1 is 1.36 bits per heavy atom. The van der Waals surface area contributed by atoms with Crippen molar-refractivity contribution in [3.63, 3.8) is 0 Å². The SMILES string of the molecule is C[C@H](NC(=O)Nc1cnc2sccn2c1=O)c1nc2c(s1)CCCC2. The van der Waals surface area contributed by atoms with Crippen molar-refractivity contribution in [3.05, 3.63) is 43.7 Å². The molecule has 3 heterocycles. The average molecular weight is 375 g/mol. The van der Waals surface area contributed by atoms with Gasteiger partial charge in [0.15, 0.2) is 4.96 Å². The minimum absolute atomic E-state index is 0.152. The van der Waals surface area contributed by atoms with Crippen LogP contribution in [0.15, 0.2) is 22.6 Å². The molecule has 2 amide bonds. The number of fused-ring (bicyclic) bond motifs is 2. The Hall–Kier alpha value is -2.26. The van der Waals surface area contributed by atoms with Gasteiger partial charge in [0.1, 0.15) is 10.7 Å². The fourth-order valence-electron chi connectivity index (χ4n) is 2.88. The Balaban J connectivity index is 1.46. The van der Waals surface area contributed by atoms with Crippen molar-refractivity contribution >= 4 is 39.4 Å². The molecular weight excluding hydrogens is 358 g/mol. The molecule has 0 bridgehead atoms. The maximum Gasteiger partial charge on any atom is 0.319 e. The highest BCUT2D eigenvalue weighted by Gasteiger charge is 2.20. The summed E-state index contributed by atoms with van der Waals surface area (Å²) in [6, 6.07) is -0.647. The molecule has 0 aliphatic heterocycles. The molecule has 0 radical (unpaired) electrons. The zero-order chi connectivity index (χ0) is 17.4. The Morgan fingerprint density at radius 3 is 3.04 bits per heavy atom. The van der Waals surface area contributed by atoms with Gasteiger partial charge in [0, 0.05) is 16.5 Å². The molecule has 3 aromatic rings. The van der Waals surface area contributed by atoms with Crippen molar-refractivity contribution in [3.8, 4) is 0 Å². The van der Waals surface area contributed by atoms with E-state index in [0.29, 0.717) is 4.96 Å². The second-order valence-electron chi connectivity index (χ2n) is 5.98. The number of rotatable bonds is 3. The molecule has 130 valence electrons. The van der Waals surface area contributed by atoms with Crippen molar-refractivity contribution in [2.75, 3.05) is 5.32 Å². The standard InChI is InChI=1S/C16H17N5O2S2/c1-9(13-19-10-4-2-3-5-12(10)25-13)18-15(23)20-11-8-17-16-21(14(11)22)6-7-24-16/h6-9H,2-5H2,1H3,(H2,18,20,23)/t9-/m0/s1. The number of aromatic nitrogens is 3. The van der Waals surface area contributed by atoms with E-state index in [0.717, 1.165) is 17.8 Å². The Labute approximate surface area is 151 Å². The number of urea groups is 1. The number of hydrogen-bond donors (Lipinski definition) is 2. The maximum atomic E-state index is 12.3. The van der Waals surface area contributed by atoms with E-state index >= 15 is 0 Å². The van der Waals surface area contributed by atoms with Gasteiger partial charge in [-0.05, 0) is 32.6 Å². The maximum absolute atomic E-state index is 12.3. The summed E-state index contributed by atoms with van der Waals surface area (Å²) >= 11 is 3.03. The van der Waals surface area contributed by atoms with Gasteiger partial charge >= 0.3 is 6.03 Å². The molecule has 4 rings (SSSR count). The minimum Gasteiger partial charge on any atom is -0.329 e. The number of amides is 2. The van der Waals surface area contributed by atoms with Crippen molar-refractivity contribution in [2.24, 2.45) is 0 Å². The zero-order valence-electron chi connectivity index (χ0n) is 13.6. The number of hydrogen-bond acceptors (Lipinski definition) is 6. The van der Waals surface area contributed by atoms with Gasteiger partial charge in [-0.2, -0.15) is 0 Å². The van der Waals surface area contributed by atoms with E-state index in [4.69, 9.17) is 0 Å². The fourth-order valence-corrected chi connectivity index (χ4v) is 4.72. The first-order valence-electron chi connectivity index (χ1n) is 8.12. The van der Waals surface area contributed by atoms with Crippen LogP contribution in [0.1, 0.15) is 41.4 Å². The molecule has 1 aliphatic carbocycles. The van der Waals surface area contributed by atoms with Crippen LogP contribution in [-0.2, 0) is 12.8 Å². The topological polar surface area (TPSA) is 88.4 Å². The van der Waals surface area contributed by atoms with Gasteiger partial charge in [0.05, 0.1) is 17.9 Å². The molecule has 25 heavy (non-hydrogen) atoms. The van der Waals surface area contributed by atoms with Crippen LogP contribution in [0.4, 0.5) is 10.5 Å². The Morgan fingerprint density at radius 2 is 2.20 bits per heavy atom. The number of carbonyl (C=O) groups excluding carboxylic acids is 1. The van der Waals surface area contributed by atoms with E-state index in [1.54, 1.807) is 22.9 Å². The van der Waals surface area contributed by atoms with Crippen LogP contribution >= 0.6 is 22.7 Å². The van der Waals surface area contributed by atoms with Gasteiger partial charge in [-0.25, -0.2) is 14.8 Å². The number of thiazole rings is 2. The van der Waals surface area contributed by atoms with Crippen LogP contribution in [0.25, 0.3) is 4.96 Å². The van der Waals surface area contributed by atoms with Gasteiger partial charge in [0.2, 0.25) is 0 Å². The summed E-state index contributed by atoms with van der Waals surface area (Å²) < 4.78 is 1.42. The fraction of sp³-hybridized carbons (Fsp3) is 0.375. The number of nitrogens with one attached hydrogen (secondary N) is 2. The molecule has 0 aromatic carbocycles. The molecule has 3 aromatic heterocycles. The molecule has 9 heteroatoms. The highest BCUT2D eigenvalue weighted by molar-refractivity contribution is 7.15. The molecule has 0 saturated heterocycles. The molecule has 2 N–H and O–H groups in total. The van der Waals surface area contributed by atoms with Crippen LogP contribution in [0.3, 0.4) is 0 Å². The summed E-state index contributed by atoms with van der Waals surface area (Å²) in [6.07, 6.45) is 7.52. The van der Waals surface area contributed by atoms with Crippen LogP contribution in [0.2, 0.25) is 0 Å². The van der Waals surface area contributed by atoms with Gasteiger partial charge in [-0.3, -0.25) is 9.20 Å². The lowest BCUT2D eigenvalue weighted by Gasteiger charge is -2.12. The summed E-state index contributed by atoms with van der Waals surface area (Å²) in [6.45, 7) is 1.90. The smallest absolute Gasteiger partial charge is 0.319 e. The highest BCUT2D eigenvalue weighted by atomic mass is 32.1. The number of anilines is 1. The number of carbonyl (C=O) groups is 1. The van der Waals surface area contributed by atoms with E-state index in [1.165, 1.54) is 45.3 Å². The van der Waals surface area contributed by atoms with Crippen LogP contribution < -0.4 is 16.2 Å². The van der Waals surface area contributed by atoms with Crippen LogP contribution in [0, 0.1) is 0 Å². The predicted octanol–water partition coefficient (Wildman–Crippen LogP) is 2.97. The number of aryl methyl sites for hydroxylation is 2. The van der Waals surface area contributed by atoms with E-state index in [1.807, 2.05) is 6.92 Å². The lowest BCUT2D eigenvalue weighted by molar-refractivity contribution is 0.249. The molecule has 0 saturated carbocycles. The minimum atomic E-state index is -0.435.